The molecule has 2 saturated heterocycles. The van der Waals surface area contributed by atoms with Gasteiger partial charge >= 0.3 is 0 Å². The third-order valence-electron chi connectivity index (χ3n) is 10.0. The maximum absolute atomic E-state index is 10.7. The van der Waals surface area contributed by atoms with E-state index in [4.69, 9.17) is 0 Å². The number of hydrogen-bond acceptors (Lipinski definition) is 1. The third-order valence-corrected chi connectivity index (χ3v) is 10.0. The first-order valence-corrected chi connectivity index (χ1v) is 15.5. The van der Waals surface area contributed by atoms with Crippen LogP contribution in [-0.4, -0.2) is 30.2 Å². The third kappa shape index (κ3) is 7.31. The Hall–Kier alpha value is -1.63. The molecule has 0 aromatic heterocycles. The summed E-state index contributed by atoms with van der Waals surface area (Å²) in [5.74, 6) is 0.622. The molecule has 2 fully saturated rings. The lowest BCUT2D eigenvalue weighted by molar-refractivity contribution is -0.949. The molecule has 2 aliphatic heterocycles. The minimum Gasteiger partial charge on any atom is -1.00 e. The Bertz CT molecular complexity index is 913. The summed E-state index contributed by atoms with van der Waals surface area (Å²) >= 11 is 0. The largest absolute Gasteiger partial charge is 1.00 e. The standard InChI is InChI=1S/C35H51N2.BrH/c1-3-4-5-6-7-8-9-10-11-18-25-37(2)33-23-24-34(37)27-30(26-33)28-35(29-36,31-19-14-12-15-20-31)32-21-16-13-17-22-32;/h12-17,19-22,30,33-34H,3-11,18,23-28H2,1-2H3;1H/q+1;/p-1/t30?,33-,34+,37?;. The molecule has 0 aliphatic carbocycles. The van der Waals surface area contributed by atoms with Gasteiger partial charge in [-0.3, -0.25) is 0 Å². The fourth-order valence-electron chi connectivity index (χ4n) is 7.78. The molecule has 208 valence electrons. The van der Waals surface area contributed by atoms with E-state index in [1.165, 1.54) is 101 Å². The van der Waals surface area contributed by atoms with Gasteiger partial charge in [0.2, 0.25) is 0 Å². The van der Waals surface area contributed by atoms with Gasteiger partial charge in [-0.05, 0) is 36.3 Å². The van der Waals surface area contributed by atoms with Crippen LogP contribution in [0.1, 0.15) is 114 Å². The molecule has 2 nitrogen and oxygen atoms in total. The first-order chi connectivity index (χ1) is 18.1. The Labute approximate surface area is 244 Å². The van der Waals surface area contributed by atoms with Crippen LogP contribution in [0.25, 0.3) is 0 Å². The van der Waals surface area contributed by atoms with Crippen molar-refractivity contribution in [3.63, 3.8) is 0 Å². The van der Waals surface area contributed by atoms with Gasteiger partial charge in [0.25, 0.3) is 0 Å². The Balaban J connectivity index is 0.00000400. The summed E-state index contributed by atoms with van der Waals surface area (Å²) in [6, 6.07) is 25.6. The molecule has 0 N–H and O–H groups in total. The maximum atomic E-state index is 10.7. The molecule has 0 radical (unpaired) electrons. The van der Waals surface area contributed by atoms with Gasteiger partial charge in [0.1, 0.15) is 5.41 Å². The molecule has 4 rings (SSSR count). The van der Waals surface area contributed by atoms with E-state index in [-0.39, 0.29) is 17.0 Å². The summed E-state index contributed by atoms with van der Waals surface area (Å²) in [5.41, 5.74) is 1.76. The lowest BCUT2D eigenvalue weighted by Crippen LogP contribution is -3.00. The summed E-state index contributed by atoms with van der Waals surface area (Å²) in [4.78, 5) is 0. The quantitative estimate of drug-likeness (QED) is 0.182. The number of unbranched alkanes of at least 4 members (excludes halogenated alkanes) is 9. The number of halogens is 1. The lowest BCUT2D eigenvalue weighted by atomic mass is 9.67. The second-order valence-electron chi connectivity index (χ2n) is 12.4. The van der Waals surface area contributed by atoms with Crippen LogP contribution in [0.4, 0.5) is 0 Å². The number of rotatable bonds is 15. The molecule has 0 amide bonds. The molecule has 38 heavy (non-hydrogen) atoms. The van der Waals surface area contributed by atoms with Crippen LogP contribution in [0.5, 0.6) is 0 Å². The maximum Gasteiger partial charge on any atom is 0.107 e. The van der Waals surface area contributed by atoms with Crippen molar-refractivity contribution in [2.75, 3.05) is 13.6 Å². The highest BCUT2D eigenvalue weighted by atomic mass is 79.9. The zero-order chi connectivity index (χ0) is 26.0. The van der Waals surface area contributed by atoms with Crippen molar-refractivity contribution < 1.29 is 21.5 Å². The number of hydrogen-bond donors (Lipinski definition) is 0. The van der Waals surface area contributed by atoms with Crippen molar-refractivity contribution in [2.24, 2.45) is 5.92 Å². The first-order valence-electron chi connectivity index (χ1n) is 15.5. The molecule has 2 aromatic rings. The SMILES string of the molecule is CCCCCCCCCCCC[N+]1(C)[C@@H]2CC[C@H]1CC(CC(C#N)(c1ccccc1)c1ccccc1)C2.[Br-]. The molecular formula is C35H51BrN2. The highest BCUT2D eigenvalue weighted by molar-refractivity contribution is 5.45. The Morgan fingerprint density at radius 2 is 1.18 bits per heavy atom. The summed E-state index contributed by atoms with van der Waals surface area (Å²) in [6.07, 6.45) is 20.4. The van der Waals surface area contributed by atoms with Gasteiger partial charge in [-0.1, -0.05) is 119 Å². The average Bonchev–Trinajstić information content (AvgIpc) is 3.09. The number of piperidine rings is 1. The van der Waals surface area contributed by atoms with Crippen LogP contribution in [0.3, 0.4) is 0 Å². The van der Waals surface area contributed by atoms with Crippen LogP contribution < -0.4 is 17.0 Å². The second kappa shape index (κ2) is 15.2. The smallest absolute Gasteiger partial charge is 0.107 e. The normalized spacial score (nSPS) is 24.5. The molecular weight excluding hydrogens is 528 g/mol. The molecule has 0 spiro atoms. The molecule has 3 heteroatoms. The number of benzene rings is 2. The minimum absolute atomic E-state index is 0. The minimum atomic E-state index is -0.552. The monoisotopic (exact) mass is 578 g/mol. The van der Waals surface area contributed by atoms with E-state index in [2.05, 4.69) is 80.7 Å². The molecule has 2 unspecified atom stereocenters. The van der Waals surface area contributed by atoms with Crippen molar-refractivity contribution in [2.45, 2.75) is 121 Å². The van der Waals surface area contributed by atoms with E-state index in [0.29, 0.717) is 5.92 Å². The van der Waals surface area contributed by atoms with Gasteiger partial charge < -0.3 is 21.5 Å². The van der Waals surface area contributed by atoms with Crippen LogP contribution in [-0.2, 0) is 5.41 Å². The topological polar surface area (TPSA) is 23.8 Å². The molecule has 2 aliphatic rings. The molecule has 2 bridgehead atoms. The summed E-state index contributed by atoms with van der Waals surface area (Å²) < 4.78 is 1.31. The number of fused-ring (bicyclic) bond motifs is 2. The highest BCUT2D eigenvalue weighted by Crippen LogP contribution is 2.48. The zero-order valence-corrected chi connectivity index (χ0v) is 25.7. The van der Waals surface area contributed by atoms with Gasteiger partial charge in [-0.25, -0.2) is 0 Å². The van der Waals surface area contributed by atoms with E-state index in [1.807, 2.05) is 0 Å². The number of nitrogens with zero attached hydrogens (tertiary/aromatic N) is 2. The van der Waals surface area contributed by atoms with Crippen molar-refractivity contribution in [1.29, 1.82) is 5.26 Å². The van der Waals surface area contributed by atoms with Crippen LogP contribution in [0.2, 0.25) is 0 Å². The second-order valence-corrected chi connectivity index (χ2v) is 12.4. The van der Waals surface area contributed by atoms with Gasteiger partial charge in [-0.2, -0.15) is 5.26 Å². The average molecular weight is 580 g/mol. The molecule has 4 atom stereocenters. The van der Waals surface area contributed by atoms with E-state index < -0.39 is 5.41 Å². The fourth-order valence-corrected chi connectivity index (χ4v) is 7.78. The van der Waals surface area contributed by atoms with E-state index in [0.717, 1.165) is 29.6 Å². The van der Waals surface area contributed by atoms with Gasteiger partial charge in [-0.15, -0.1) is 0 Å². The van der Waals surface area contributed by atoms with E-state index >= 15 is 0 Å². The predicted octanol–water partition coefficient (Wildman–Crippen LogP) is 6.20. The van der Waals surface area contributed by atoms with E-state index in [1.54, 1.807) is 0 Å². The highest BCUT2D eigenvalue weighted by Gasteiger charge is 2.52. The van der Waals surface area contributed by atoms with Crippen LogP contribution in [0, 0.1) is 17.2 Å². The molecule has 2 aromatic carbocycles. The van der Waals surface area contributed by atoms with Crippen LogP contribution in [0.15, 0.2) is 60.7 Å². The van der Waals surface area contributed by atoms with Crippen molar-refractivity contribution in [3.8, 4) is 6.07 Å². The Kier molecular flexibility index (Phi) is 12.4. The van der Waals surface area contributed by atoms with Gasteiger partial charge in [0, 0.05) is 25.7 Å². The van der Waals surface area contributed by atoms with Crippen molar-refractivity contribution >= 4 is 0 Å². The van der Waals surface area contributed by atoms with Crippen molar-refractivity contribution in [1.82, 2.24) is 0 Å². The van der Waals surface area contributed by atoms with Crippen molar-refractivity contribution in [3.05, 3.63) is 71.8 Å². The Morgan fingerprint density at radius 3 is 1.63 bits per heavy atom. The zero-order valence-electron chi connectivity index (χ0n) is 24.1. The van der Waals surface area contributed by atoms with E-state index in [9.17, 15) is 5.26 Å². The Morgan fingerprint density at radius 1 is 0.737 bits per heavy atom. The summed E-state index contributed by atoms with van der Waals surface area (Å²) in [6.45, 7) is 3.66. The lowest BCUT2D eigenvalue weighted by Gasteiger charge is -2.48. The summed E-state index contributed by atoms with van der Waals surface area (Å²) in [7, 11) is 2.57. The summed E-state index contributed by atoms with van der Waals surface area (Å²) in [5, 5.41) is 10.7. The van der Waals surface area contributed by atoms with Crippen LogP contribution >= 0.6 is 0 Å². The first kappa shape index (κ1) is 30.9. The molecule has 2 heterocycles. The number of quaternary nitrogens is 1. The fraction of sp³-hybridized carbons (Fsp3) is 0.629. The van der Waals surface area contributed by atoms with Gasteiger partial charge in [0.15, 0.2) is 0 Å². The van der Waals surface area contributed by atoms with Gasteiger partial charge in [0.05, 0.1) is 31.7 Å². The predicted molar refractivity (Wildman–Crippen MR) is 156 cm³/mol. The molecule has 0 saturated carbocycles. The number of nitriles is 1.